The number of nitro benzene ring substituents is 1. The van der Waals surface area contributed by atoms with Gasteiger partial charge in [-0.25, -0.2) is 0 Å². The Morgan fingerprint density at radius 3 is 2.28 bits per heavy atom. The number of carbonyl (C=O) groups excluding carboxylic acids is 2. The molecule has 7 heteroatoms. The van der Waals surface area contributed by atoms with E-state index in [4.69, 9.17) is 0 Å². The van der Waals surface area contributed by atoms with Crippen molar-refractivity contribution in [2.75, 3.05) is 6.54 Å². The number of nitro groups is 1. The molecule has 0 aliphatic heterocycles. The monoisotopic (exact) mass is 397 g/mol. The van der Waals surface area contributed by atoms with Crippen molar-refractivity contribution in [1.29, 1.82) is 0 Å². The summed E-state index contributed by atoms with van der Waals surface area (Å²) in [5.41, 5.74) is 1.11. The Labute approximate surface area is 170 Å². The van der Waals surface area contributed by atoms with E-state index in [1.54, 1.807) is 25.1 Å². The van der Waals surface area contributed by atoms with Crippen molar-refractivity contribution in [3.05, 3.63) is 75.8 Å². The lowest BCUT2D eigenvalue weighted by molar-refractivity contribution is -0.385. The van der Waals surface area contributed by atoms with Crippen LogP contribution in [0.3, 0.4) is 0 Å². The van der Waals surface area contributed by atoms with E-state index in [1.807, 2.05) is 44.2 Å². The molecule has 1 atom stereocenters. The minimum atomic E-state index is -0.704. The van der Waals surface area contributed by atoms with Gasteiger partial charge in [0, 0.05) is 24.7 Å². The normalized spacial score (nSPS) is 11.7. The highest BCUT2D eigenvalue weighted by Crippen LogP contribution is 2.20. The van der Waals surface area contributed by atoms with E-state index in [9.17, 15) is 19.7 Å². The zero-order valence-corrected chi connectivity index (χ0v) is 17.0. The molecule has 2 rings (SSSR count). The topological polar surface area (TPSA) is 92.6 Å². The first kappa shape index (κ1) is 22.1. The van der Waals surface area contributed by atoms with E-state index in [2.05, 4.69) is 5.32 Å². The summed E-state index contributed by atoms with van der Waals surface area (Å²) in [6.45, 7) is 6.42. The highest BCUT2D eigenvalue weighted by molar-refractivity contribution is 5.88. The van der Waals surface area contributed by atoms with Crippen molar-refractivity contribution in [3.8, 4) is 0 Å². The zero-order valence-electron chi connectivity index (χ0n) is 17.0. The van der Waals surface area contributed by atoms with E-state index >= 15 is 0 Å². The number of carbonyl (C=O) groups is 2. The standard InChI is InChI=1S/C22H27N3O4/c1-16(2)14-23-22(27)17(3)24(15-18-9-5-4-6-10-18)21(26)13-19-11-7-8-12-20(19)25(28)29/h4-12,16-17H,13-15H2,1-3H3,(H,23,27)/t17-/m0/s1. The maximum atomic E-state index is 13.1. The van der Waals surface area contributed by atoms with Gasteiger partial charge in [0.1, 0.15) is 6.04 Å². The second-order valence-corrected chi connectivity index (χ2v) is 7.38. The second kappa shape index (κ2) is 10.4. The van der Waals surface area contributed by atoms with Crippen molar-refractivity contribution in [3.63, 3.8) is 0 Å². The molecule has 0 saturated heterocycles. The van der Waals surface area contributed by atoms with Gasteiger partial charge >= 0.3 is 0 Å². The van der Waals surface area contributed by atoms with E-state index in [0.717, 1.165) is 5.56 Å². The fourth-order valence-electron chi connectivity index (χ4n) is 2.92. The average Bonchev–Trinajstić information content (AvgIpc) is 2.70. The zero-order chi connectivity index (χ0) is 21.4. The van der Waals surface area contributed by atoms with Gasteiger partial charge in [-0.1, -0.05) is 62.4 Å². The third-order valence-corrected chi connectivity index (χ3v) is 4.58. The van der Waals surface area contributed by atoms with Gasteiger partial charge < -0.3 is 10.2 Å². The van der Waals surface area contributed by atoms with E-state index < -0.39 is 11.0 Å². The highest BCUT2D eigenvalue weighted by Gasteiger charge is 2.27. The Morgan fingerprint density at radius 1 is 1.03 bits per heavy atom. The van der Waals surface area contributed by atoms with Crippen molar-refractivity contribution >= 4 is 17.5 Å². The number of hydrogen-bond donors (Lipinski definition) is 1. The molecule has 2 aromatic rings. The van der Waals surface area contributed by atoms with Gasteiger partial charge in [0.15, 0.2) is 0 Å². The lowest BCUT2D eigenvalue weighted by Gasteiger charge is -2.29. The second-order valence-electron chi connectivity index (χ2n) is 7.38. The number of nitrogens with one attached hydrogen (secondary N) is 1. The fourth-order valence-corrected chi connectivity index (χ4v) is 2.92. The Kier molecular flexibility index (Phi) is 7.88. The van der Waals surface area contributed by atoms with Crippen LogP contribution in [0.25, 0.3) is 0 Å². The van der Waals surface area contributed by atoms with Gasteiger partial charge in [-0.3, -0.25) is 19.7 Å². The summed E-state index contributed by atoms with van der Waals surface area (Å²) < 4.78 is 0. The molecule has 154 valence electrons. The molecule has 2 amide bonds. The minimum Gasteiger partial charge on any atom is -0.354 e. The quantitative estimate of drug-likeness (QED) is 0.519. The van der Waals surface area contributed by atoms with Crippen LogP contribution in [-0.2, 0) is 22.6 Å². The lowest BCUT2D eigenvalue weighted by atomic mass is 10.1. The third-order valence-electron chi connectivity index (χ3n) is 4.58. The maximum absolute atomic E-state index is 13.1. The molecular weight excluding hydrogens is 370 g/mol. The molecule has 0 radical (unpaired) electrons. The van der Waals surface area contributed by atoms with Crippen LogP contribution in [0.4, 0.5) is 5.69 Å². The Bertz CT molecular complexity index is 852. The van der Waals surface area contributed by atoms with Crippen molar-refractivity contribution in [2.45, 2.75) is 39.8 Å². The molecule has 1 N–H and O–H groups in total. The van der Waals surface area contributed by atoms with Crippen LogP contribution < -0.4 is 5.32 Å². The summed E-state index contributed by atoms with van der Waals surface area (Å²) in [6.07, 6.45) is -0.147. The molecule has 0 fully saturated rings. The number of amides is 2. The summed E-state index contributed by atoms with van der Waals surface area (Å²) in [5, 5.41) is 14.1. The first-order valence-corrected chi connectivity index (χ1v) is 9.63. The molecule has 0 aromatic heterocycles. The van der Waals surface area contributed by atoms with Gasteiger partial charge in [-0.05, 0) is 18.4 Å². The van der Waals surface area contributed by atoms with Crippen LogP contribution in [0.1, 0.15) is 31.9 Å². The van der Waals surface area contributed by atoms with E-state index in [0.29, 0.717) is 12.1 Å². The smallest absolute Gasteiger partial charge is 0.273 e. The fraction of sp³-hybridized carbons (Fsp3) is 0.364. The molecule has 0 saturated carbocycles. The predicted octanol–water partition coefficient (Wildman–Crippen LogP) is 3.33. The largest absolute Gasteiger partial charge is 0.354 e. The van der Waals surface area contributed by atoms with Gasteiger partial charge in [0.2, 0.25) is 11.8 Å². The van der Waals surface area contributed by atoms with Crippen LogP contribution in [0, 0.1) is 16.0 Å². The van der Waals surface area contributed by atoms with Crippen molar-refractivity contribution in [1.82, 2.24) is 10.2 Å². The van der Waals surface area contributed by atoms with Crippen molar-refractivity contribution in [2.24, 2.45) is 5.92 Å². The summed E-state index contributed by atoms with van der Waals surface area (Å²) in [4.78, 5) is 37.9. The van der Waals surface area contributed by atoms with Crippen LogP contribution in [0.2, 0.25) is 0 Å². The SMILES string of the molecule is CC(C)CNC(=O)[C@H](C)N(Cc1ccccc1)C(=O)Cc1ccccc1[N+](=O)[O-]. The number of para-hydroxylation sites is 1. The molecule has 0 aliphatic rings. The van der Waals surface area contributed by atoms with Gasteiger partial charge in [0.05, 0.1) is 11.3 Å². The first-order chi connectivity index (χ1) is 13.8. The Balaban J connectivity index is 2.25. The summed E-state index contributed by atoms with van der Waals surface area (Å²) >= 11 is 0. The third kappa shape index (κ3) is 6.41. The minimum absolute atomic E-state index is 0.0996. The Hall–Kier alpha value is -3.22. The van der Waals surface area contributed by atoms with Crippen LogP contribution in [0.15, 0.2) is 54.6 Å². The number of hydrogen-bond acceptors (Lipinski definition) is 4. The molecule has 0 bridgehead atoms. The number of rotatable bonds is 9. The summed E-state index contributed by atoms with van der Waals surface area (Å²) in [6, 6.07) is 14.8. The number of benzene rings is 2. The Morgan fingerprint density at radius 2 is 1.66 bits per heavy atom. The molecule has 0 aliphatic carbocycles. The molecule has 7 nitrogen and oxygen atoms in total. The van der Waals surface area contributed by atoms with Gasteiger partial charge in [-0.2, -0.15) is 0 Å². The van der Waals surface area contributed by atoms with Crippen molar-refractivity contribution < 1.29 is 14.5 Å². The van der Waals surface area contributed by atoms with E-state index in [1.165, 1.54) is 11.0 Å². The lowest BCUT2D eigenvalue weighted by Crippen LogP contribution is -2.48. The molecule has 0 heterocycles. The average molecular weight is 397 g/mol. The maximum Gasteiger partial charge on any atom is 0.273 e. The molecular formula is C22H27N3O4. The molecule has 29 heavy (non-hydrogen) atoms. The predicted molar refractivity (Wildman–Crippen MR) is 111 cm³/mol. The first-order valence-electron chi connectivity index (χ1n) is 9.63. The number of nitrogens with zero attached hydrogens (tertiary/aromatic N) is 2. The summed E-state index contributed by atoms with van der Waals surface area (Å²) in [5.74, 6) is -0.294. The molecule has 0 unspecified atom stereocenters. The van der Waals surface area contributed by atoms with Gasteiger partial charge in [0.25, 0.3) is 5.69 Å². The van der Waals surface area contributed by atoms with Crippen LogP contribution in [-0.4, -0.2) is 34.2 Å². The van der Waals surface area contributed by atoms with Gasteiger partial charge in [-0.15, -0.1) is 0 Å². The van der Waals surface area contributed by atoms with Crippen LogP contribution >= 0.6 is 0 Å². The molecule has 2 aromatic carbocycles. The van der Waals surface area contributed by atoms with E-state index in [-0.39, 0.29) is 36.4 Å². The van der Waals surface area contributed by atoms with Crippen LogP contribution in [0.5, 0.6) is 0 Å². The highest BCUT2D eigenvalue weighted by atomic mass is 16.6. The summed E-state index contributed by atoms with van der Waals surface area (Å²) in [7, 11) is 0. The molecule has 0 spiro atoms.